The number of rotatable bonds is 7. The fraction of sp³-hybridized carbons (Fsp3) is 0.400. The van der Waals surface area contributed by atoms with Crippen LogP contribution in [-0.4, -0.2) is 24.5 Å². The van der Waals surface area contributed by atoms with E-state index in [1.807, 2.05) is 18.3 Å². The average molecular weight is 412 g/mol. The topological polar surface area (TPSA) is 58.2 Å². The number of hydrogen-bond donors (Lipinski definition) is 2. The van der Waals surface area contributed by atoms with Gasteiger partial charge in [-0.15, -0.1) is 11.3 Å². The summed E-state index contributed by atoms with van der Waals surface area (Å²) >= 11 is 1.45. The average Bonchev–Trinajstić information content (AvgIpc) is 3.04. The highest BCUT2D eigenvalue weighted by Gasteiger charge is 2.28. The van der Waals surface area contributed by atoms with Crippen molar-refractivity contribution < 1.29 is 22.8 Å². The number of hydrogen-bond acceptors (Lipinski definition) is 3. The second kappa shape index (κ2) is 9.23. The lowest BCUT2D eigenvalue weighted by atomic mass is 10.1. The third kappa shape index (κ3) is 5.82. The lowest BCUT2D eigenvalue weighted by Crippen LogP contribution is -2.33. The standard InChI is InChI=1S/C20H23F3N2O2S/c1-4-6-16-13(5-2)10-17(28-16)19(27)25-15-9-14(8-7-12(15)3)18(26)24-11-20(21,22)23/h7-10H,4-6,11H2,1-3H3,(H,24,26)(H,25,27). The van der Waals surface area contributed by atoms with Crippen molar-refractivity contribution in [1.29, 1.82) is 0 Å². The van der Waals surface area contributed by atoms with Crippen LogP contribution in [0.4, 0.5) is 18.9 Å². The van der Waals surface area contributed by atoms with Gasteiger partial charge in [0.15, 0.2) is 0 Å². The molecule has 0 atom stereocenters. The fourth-order valence-corrected chi connectivity index (χ4v) is 3.93. The normalized spacial score (nSPS) is 11.4. The van der Waals surface area contributed by atoms with Crippen LogP contribution < -0.4 is 10.6 Å². The molecule has 0 fully saturated rings. The van der Waals surface area contributed by atoms with Crippen molar-refractivity contribution in [2.45, 2.75) is 46.2 Å². The van der Waals surface area contributed by atoms with Crippen LogP contribution in [0.3, 0.4) is 0 Å². The molecule has 2 aromatic rings. The van der Waals surface area contributed by atoms with Crippen molar-refractivity contribution in [2.75, 3.05) is 11.9 Å². The molecule has 0 saturated carbocycles. The monoisotopic (exact) mass is 412 g/mol. The quantitative estimate of drug-likeness (QED) is 0.664. The largest absolute Gasteiger partial charge is 0.405 e. The van der Waals surface area contributed by atoms with Crippen molar-refractivity contribution in [2.24, 2.45) is 0 Å². The molecular weight excluding hydrogens is 389 g/mol. The minimum Gasteiger partial charge on any atom is -0.343 e. The Morgan fingerprint density at radius 3 is 2.43 bits per heavy atom. The molecule has 1 aromatic heterocycles. The van der Waals surface area contributed by atoms with E-state index < -0.39 is 18.6 Å². The highest BCUT2D eigenvalue weighted by molar-refractivity contribution is 7.14. The maximum absolute atomic E-state index is 12.6. The van der Waals surface area contributed by atoms with Crippen molar-refractivity contribution in [3.05, 3.63) is 50.7 Å². The van der Waals surface area contributed by atoms with Crippen LogP contribution in [0.25, 0.3) is 0 Å². The summed E-state index contributed by atoms with van der Waals surface area (Å²) in [5, 5.41) is 4.60. The van der Waals surface area contributed by atoms with Gasteiger partial charge in [0.25, 0.3) is 11.8 Å². The maximum Gasteiger partial charge on any atom is 0.405 e. The number of amides is 2. The maximum atomic E-state index is 12.6. The minimum absolute atomic E-state index is 0.0530. The molecule has 0 aliphatic rings. The van der Waals surface area contributed by atoms with Crippen molar-refractivity contribution in [3.8, 4) is 0 Å². The molecule has 28 heavy (non-hydrogen) atoms. The summed E-state index contributed by atoms with van der Waals surface area (Å²) < 4.78 is 36.8. The first-order chi connectivity index (χ1) is 13.1. The molecule has 1 heterocycles. The Morgan fingerprint density at radius 1 is 1.11 bits per heavy atom. The first-order valence-corrected chi connectivity index (χ1v) is 9.84. The Hall–Kier alpha value is -2.35. The van der Waals surface area contributed by atoms with Gasteiger partial charge >= 0.3 is 6.18 Å². The summed E-state index contributed by atoms with van der Waals surface area (Å²) in [6.07, 6.45) is -1.74. The van der Waals surface area contributed by atoms with Gasteiger partial charge in [0, 0.05) is 16.1 Å². The molecule has 4 nitrogen and oxygen atoms in total. The van der Waals surface area contributed by atoms with Crippen LogP contribution in [0.5, 0.6) is 0 Å². The van der Waals surface area contributed by atoms with Crippen LogP contribution in [-0.2, 0) is 12.8 Å². The summed E-state index contributed by atoms with van der Waals surface area (Å²) in [7, 11) is 0. The van der Waals surface area contributed by atoms with E-state index in [0.717, 1.165) is 24.8 Å². The van der Waals surface area contributed by atoms with Crippen LogP contribution in [0.1, 0.15) is 56.3 Å². The van der Waals surface area contributed by atoms with Crippen LogP contribution >= 0.6 is 11.3 Å². The zero-order valence-electron chi connectivity index (χ0n) is 16.0. The molecule has 2 N–H and O–H groups in total. The Balaban J connectivity index is 2.17. The van der Waals surface area contributed by atoms with E-state index in [-0.39, 0.29) is 11.5 Å². The summed E-state index contributed by atoms with van der Waals surface area (Å²) in [6, 6.07) is 6.28. The zero-order chi connectivity index (χ0) is 20.9. The van der Waals surface area contributed by atoms with Crippen molar-refractivity contribution in [1.82, 2.24) is 5.32 Å². The number of carbonyl (C=O) groups is 2. The zero-order valence-corrected chi connectivity index (χ0v) is 16.8. The number of alkyl halides is 3. The molecule has 0 aliphatic carbocycles. The number of halogens is 3. The van der Waals surface area contributed by atoms with Crippen LogP contribution in [0.2, 0.25) is 0 Å². The molecule has 152 valence electrons. The molecule has 0 saturated heterocycles. The van der Waals surface area contributed by atoms with E-state index in [9.17, 15) is 22.8 Å². The summed E-state index contributed by atoms with van der Waals surface area (Å²) in [6.45, 7) is 4.46. The molecule has 2 rings (SSSR count). The number of aryl methyl sites for hydroxylation is 3. The number of thiophene rings is 1. The van der Waals surface area contributed by atoms with Gasteiger partial charge in [-0.1, -0.05) is 26.3 Å². The van der Waals surface area contributed by atoms with E-state index in [1.54, 1.807) is 13.0 Å². The minimum atomic E-state index is -4.48. The van der Waals surface area contributed by atoms with Crippen molar-refractivity contribution in [3.63, 3.8) is 0 Å². The number of nitrogens with one attached hydrogen (secondary N) is 2. The van der Waals surface area contributed by atoms with E-state index in [1.165, 1.54) is 28.3 Å². The van der Waals surface area contributed by atoms with Gasteiger partial charge in [-0.2, -0.15) is 13.2 Å². The molecule has 2 amide bonds. The van der Waals surface area contributed by atoms with E-state index in [2.05, 4.69) is 12.2 Å². The van der Waals surface area contributed by atoms with Crippen LogP contribution in [0, 0.1) is 6.92 Å². The molecule has 0 bridgehead atoms. The van der Waals surface area contributed by atoms with Gasteiger partial charge in [0.2, 0.25) is 0 Å². The molecular formula is C20H23F3N2O2S. The smallest absolute Gasteiger partial charge is 0.343 e. The Kier molecular flexibility index (Phi) is 7.23. The Morgan fingerprint density at radius 2 is 1.82 bits per heavy atom. The SMILES string of the molecule is CCCc1sc(C(=O)Nc2cc(C(=O)NCC(F)(F)F)ccc2C)cc1CC. The lowest BCUT2D eigenvalue weighted by molar-refractivity contribution is -0.123. The van der Waals surface area contributed by atoms with Gasteiger partial charge in [-0.3, -0.25) is 9.59 Å². The summed E-state index contributed by atoms with van der Waals surface area (Å²) in [5.74, 6) is -1.14. The molecule has 0 aliphatic heterocycles. The molecule has 1 aromatic carbocycles. The predicted octanol–water partition coefficient (Wildman–Crippen LogP) is 5.12. The lowest BCUT2D eigenvalue weighted by Gasteiger charge is -2.11. The number of anilines is 1. The second-order valence-corrected chi connectivity index (χ2v) is 7.58. The van der Waals surface area contributed by atoms with Gasteiger partial charge in [0.1, 0.15) is 6.54 Å². The van der Waals surface area contributed by atoms with Crippen molar-refractivity contribution >= 4 is 28.8 Å². The first-order valence-electron chi connectivity index (χ1n) is 9.03. The highest BCUT2D eigenvalue weighted by atomic mass is 32.1. The third-order valence-corrected chi connectivity index (χ3v) is 5.41. The van der Waals surface area contributed by atoms with Crippen LogP contribution in [0.15, 0.2) is 24.3 Å². The summed E-state index contributed by atoms with van der Waals surface area (Å²) in [5.41, 5.74) is 2.31. The molecule has 8 heteroatoms. The molecule has 0 spiro atoms. The third-order valence-electron chi connectivity index (χ3n) is 4.18. The van der Waals surface area contributed by atoms with Gasteiger partial charge in [0.05, 0.1) is 4.88 Å². The fourth-order valence-electron chi connectivity index (χ4n) is 2.68. The second-order valence-electron chi connectivity index (χ2n) is 6.44. The van der Waals surface area contributed by atoms with E-state index >= 15 is 0 Å². The number of benzene rings is 1. The molecule has 0 unspecified atom stereocenters. The summed E-state index contributed by atoms with van der Waals surface area (Å²) in [4.78, 5) is 26.4. The first kappa shape index (κ1) is 21.9. The Labute approximate surface area is 166 Å². The van der Waals surface area contributed by atoms with Gasteiger partial charge in [-0.05, 0) is 49.1 Å². The number of carbonyl (C=O) groups excluding carboxylic acids is 2. The van der Waals surface area contributed by atoms with Gasteiger partial charge in [-0.25, -0.2) is 0 Å². The highest BCUT2D eigenvalue weighted by Crippen LogP contribution is 2.26. The van der Waals surface area contributed by atoms with Gasteiger partial charge < -0.3 is 10.6 Å². The predicted molar refractivity (Wildman–Crippen MR) is 105 cm³/mol. The van der Waals surface area contributed by atoms with E-state index in [0.29, 0.717) is 16.1 Å². The molecule has 0 radical (unpaired) electrons. The Bertz CT molecular complexity index is 860. The van der Waals surface area contributed by atoms with E-state index in [4.69, 9.17) is 0 Å².